The van der Waals surface area contributed by atoms with Crippen molar-refractivity contribution < 1.29 is 23.5 Å². The van der Waals surface area contributed by atoms with Crippen LogP contribution in [0.5, 0.6) is 0 Å². The molecule has 2 amide bonds. The lowest BCUT2D eigenvalue weighted by Crippen LogP contribution is -2.30. The molecule has 0 spiro atoms. The fourth-order valence-electron chi connectivity index (χ4n) is 2.81. The standard InChI is InChI=1S/C22H25FN2O4S/c1-5-25(6-2)21(27)19-14(4)18(22(28)29-7-3)20(30-19)24-17(26)13-10-15-8-11-16(23)12-9-15/h8-13H,5-7H2,1-4H3,(H,24,26)/b13-10-. The number of thiophene rings is 1. The number of benzene rings is 1. The average molecular weight is 433 g/mol. The van der Waals surface area contributed by atoms with Gasteiger partial charge in [-0.2, -0.15) is 0 Å². The largest absolute Gasteiger partial charge is 0.462 e. The summed E-state index contributed by atoms with van der Waals surface area (Å²) in [7, 11) is 0. The summed E-state index contributed by atoms with van der Waals surface area (Å²) in [6.07, 6.45) is 2.81. The first-order valence-electron chi connectivity index (χ1n) is 9.66. The molecule has 0 atom stereocenters. The van der Waals surface area contributed by atoms with E-state index in [0.29, 0.717) is 29.1 Å². The first-order chi connectivity index (χ1) is 14.3. The van der Waals surface area contributed by atoms with E-state index in [1.807, 2.05) is 13.8 Å². The maximum absolute atomic E-state index is 13.0. The normalized spacial score (nSPS) is 10.8. The molecule has 0 unspecified atom stereocenters. The van der Waals surface area contributed by atoms with E-state index in [4.69, 9.17) is 4.74 Å². The number of rotatable bonds is 8. The van der Waals surface area contributed by atoms with E-state index in [0.717, 1.165) is 11.3 Å². The highest BCUT2D eigenvalue weighted by molar-refractivity contribution is 7.18. The SMILES string of the molecule is CCOC(=O)c1c(NC(=O)/C=C\c2ccc(F)cc2)sc(C(=O)N(CC)CC)c1C. The van der Waals surface area contributed by atoms with Crippen LogP contribution < -0.4 is 5.32 Å². The van der Waals surface area contributed by atoms with Gasteiger partial charge < -0.3 is 15.0 Å². The number of hydrogen-bond acceptors (Lipinski definition) is 5. The Morgan fingerprint density at radius 1 is 1.13 bits per heavy atom. The number of carbonyl (C=O) groups excluding carboxylic acids is 3. The predicted octanol–water partition coefficient (Wildman–Crippen LogP) is 4.51. The zero-order chi connectivity index (χ0) is 22.3. The van der Waals surface area contributed by atoms with E-state index < -0.39 is 11.9 Å². The molecule has 1 aromatic heterocycles. The second-order valence-electron chi connectivity index (χ2n) is 6.33. The number of amides is 2. The van der Waals surface area contributed by atoms with Crippen LogP contribution in [0.1, 0.15) is 51.9 Å². The van der Waals surface area contributed by atoms with Crippen molar-refractivity contribution in [2.24, 2.45) is 0 Å². The Balaban J connectivity index is 2.33. The molecule has 0 aliphatic carbocycles. The lowest BCUT2D eigenvalue weighted by Gasteiger charge is -2.18. The monoisotopic (exact) mass is 432 g/mol. The van der Waals surface area contributed by atoms with Gasteiger partial charge in [-0.05, 0) is 57.0 Å². The van der Waals surface area contributed by atoms with Crippen LogP contribution in [-0.4, -0.2) is 42.4 Å². The number of anilines is 1. The van der Waals surface area contributed by atoms with E-state index in [-0.39, 0.29) is 28.9 Å². The lowest BCUT2D eigenvalue weighted by molar-refractivity contribution is -0.111. The van der Waals surface area contributed by atoms with Gasteiger partial charge in [0.15, 0.2) is 0 Å². The molecule has 0 saturated heterocycles. The van der Waals surface area contributed by atoms with E-state index in [1.165, 1.54) is 24.3 Å². The summed E-state index contributed by atoms with van der Waals surface area (Å²) in [5.74, 6) is -1.64. The molecule has 1 heterocycles. The highest BCUT2D eigenvalue weighted by atomic mass is 32.1. The fourth-order valence-corrected chi connectivity index (χ4v) is 3.97. The number of ether oxygens (including phenoxy) is 1. The summed E-state index contributed by atoms with van der Waals surface area (Å²) >= 11 is 1.05. The maximum atomic E-state index is 13.0. The van der Waals surface area contributed by atoms with Crippen LogP contribution in [0.25, 0.3) is 6.08 Å². The molecule has 0 aliphatic rings. The Morgan fingerprint density at radius 2 is 1.77 bits per heavy atom. The smallest absolute Gasteiger partial charge is 0.341 e. The molecule has 160 valence electrons. The number of carbonyl (C=O) groups is 3. The van der Waals surface area contributed by atoms with Gasteiger partial charge in [-0.15, -0.1) is 11.3 Å². The van der Waals surface area contributed by atoms with Gasteiger partial charge in [0.1, 0.15) is 10.8 Å². The number of esters is 1. The highest BCUT2D eigenvalue weighted by Crippen LogP contribution is 2.34. The summed E-state index contributed by atoms with van der Waals surface area (Å²) in [6.45, 7) is 8.34. The van der Waals surface area contributed by atoms with Gasteiger partial charge >= 0.3 is 5.97 Å². The predicted molar refractivity (Wildman–Crippen MR) is 116 cm³/mol. The van der Waals surface area contributed by atoms with Crippen molar-refractivity contribution in [2.45, 2.75) is 27.7 Å². The first kappa shape index (κ1) is 23.3. The molecule has 8 heteroatoms. The van der Waals surface area contributed by atoms with Crippen LogP contribution in [0, 0.1) is 12.7 Å². The molecule has 0 radical (unpaired) electrons. The minimum atomic E-state index is -0.595. The topological polar surface area (TPSA) is 75.7 Å². The Morgan fingerprint density at radius 3 is 2.33 bits per heavy atom. The quantitative estimate of drug-likeness (QED) is 0.492. The van der Waals surface area contributed by atoms with Crippen molar-refractivity contribution in [2.75, 3.05) is 25.0 Å². The second-order valence-corrected chi connectivity index (χ2v) is 7.35. The minimum Gasteiger partial charge on any atom is -0.462 e. The zero-order valence-corrected chi connectivity index (χ0v) is 18.3. The van der Waals surface area contributed by atoms with Crippen molar-refractivity contribution >= 4 is 40.2 Å². The Hall–Kier alpha value is -3.00. The van der Waals surface area contributed by atoms with Crippen molar-refractivity contribution in [1.29, 1.82) is 0 Å². The third-order valence-electron chi connectivity index (χ3n) is 4.41. The third kappa shape index (κ3) is 5.54. The van der Waals surface area contributed by atoms with Crippen LogP contribution in [0.2, 0.25) is 0 Å². The van der Waals surface area contributed by atoms with Gasteiger partial charge in [-0.1, -0.05) is 12.1 Å². The van der Waals surface area contributed by atoms with Crippen LogP contribution >= 0.6 is 11.3 Å². The van der Waals surface area contributed by atoms with Crippen LogP contribution in [0.4, 0.5) is 9.39 Å². The van der Waals surface area contributed by atoms with Gasteiger partial charge in [0, 0.05) is 19.2 Å². The summed E-state index contributed by atoms with van der Waals surface area (Å²) in [6, 6.07) is 5.67. The van der Waals surface area contributed by atoms with Gasteiger partial charge in [0.05, 0.1) is 17.0 Å². The van der Waals surface area contributed by atoms with E-state index in [1.54, 1.807) is 30.9 Å². The molecule has 2 rings (SSSR count). The molecule has 0 saturated carbocycles. The minimum absolute atomic E-state index is 0.172. The van der Waals surface area contributed by atoms with E-state index in [9.17, 15) is 18.8 Å². The molecular weight excluding hydrogens is 407 g/mol. The molecule has 1 aromatic carbocycles. The number of nitrogens with zero attached hydrogens (tertiary/aromatic N) is 1. The molecule has 0 fully saturated rings. The van der Waals surface area contributed by atoms with E-state index in [2.05, 4.69) is 5.32 Å². The fraction of sp³-hybridized carbons (Fsp3) is 0.318. The van der Waals surface area contributed by atoms with Crippen LogP contribution in [0.3, 0.4) is 0 Å². The Labute approximate surface area is 179 Å². The second kappa shape index (κ2) is 10.7. The molecule has 30 heavy (non-hydrogen) atoms. The zero-order valence-electron chi connectivity index (χ0n) is 17.5. The summed E-state index contributed by atoms with van der Waals surface area (Å²) < 4.78 is 18.1. The van der Waals surface area contributed by atoms with Gasteiger partial charge in [-0.3, -0.25) is 9.59 Å². The van der Waals surface area contributed by atoms with Gasteiger partial charge in [0.25, 0.3) is 5.91 Å². The first-order valence-corrected chi connectivity index (χ1v) is 10.5. The lowest BCUT2D eigenvalue weighted by atomic mass is 10.1. The van der Waals surface area contributed by atoms with E-state index >= 15 is 0 Å². The third-order valence-corrected chi connectivity index (χ3v) is 5.60. The van der Waals surface area contributed by atoms with Crippen molar-refractivity contribution in [3.8, 4) is 0 Å². The molecule has 0 bridgehead atoms. The van der Waals surface area contributed by atoms with Crippen molar-refractivity contribution in [3.05, 3.63) is 57.7 Å². The molecule has 1 N–H and O–H groups in total. The Bertz CT molecular complexity index is 947. The van der Waals surface area contributed by atoms with Crippen LogP contribution in [-0.2, 0) is 9.53 Å². The number of hydrogen-bond donors (Lipinski definition) is 1. The van der Waals surface area contributed by atoms with Crippen molar-refractivity contribution in [3.63, 3.8) is 0 Å². The maximum Gasteiger partial charge on any atom is 0.341 e. The average Bonchev–Trinajstić information content (AvgIpc) is 3.04. The van der Waals surface area contributed by atoms with Gasteiger partial charge in [-0.25, -0.2) is 9.18 Å². The number of nitrogens with one attached hydrogen (secondary N) is 1. The number of halogens is 1. The van der Waals surface area contributed by atoms with Gasteiger partial charge in [0.2, 0.25) is 5.91 Å². The Kier molecular flexibility index (Phi) is 8.29. The highest BCUT2D eigenvalue weighted by Gasteiger charge is 2.27. The van der Waals surface area contributed by atoms with Crippen molar-refractivity contribution in [1.82, 2.24) is 4.90 Å². The summed E-state index contributed by atoms with van der Waals surface area (Å²) in [4.78, 5) is 39.7. The molecular formula is C22H25FN2O4S. The molecule has 6 nitrogen and oxygen atoms in total. The molecule has 2 aromatic rings. The van der Waals surface area contributed by atoms with Crippen LogP contribution in [0.15, 0.2) is 30.3 Å². The summed E-state index contributed by atoms with van der Waals surface area (Å²) in [5.41, 5.74) is 1.31. The summed E-state index contributed by atoms with van der Waals surface area (Å²) in [5, 5.41) is 2.93. The molecule has 0 aliphatic heterocycles.